The zero-order valence-corrected chi connectivity index (χ0v) is 9.65. The first-order valence-electron chi connectivity index (χ1n) is 4.22. The molecule has 1 fully saturated rings. The minimum atomic E-state index is -0.174. The number of hydrogen-bond donors (Lipinski definition) is 1. The maximum Gasteiger partial charge on any atom is 0.227 e. The first-order chi connectivity index (χ1) is 6.66. The molecule has 1 aromatic heterocycles. The second kappa shape index (κ2) is 3.82. The van der Waals surface area contributed by atoms with Crippen molar-refractivity contribution in [3.05, 3.63) is 20.8 Å². The smallest absolute Gasteiger partial charge is 0.227 e. The maximum absolute atomic E-state index is 11.1. The van der Waals surface area contributed by atoms with Crippen LogP contribution in [0.15, 0.2) is 15.9 Å². The largest absolute Gasteiger partial charge is 0.296 e. The zero-order chi connectivity index (χ0) is 10.1. The predicted molar refractivity (Wildman–Crippen MR) is 57.1 cm³/mol. The van der Waals surface area contributed by atoms with Gasteiger partial charge in [0.15, 0.2) is 0 Å². The number of imide groups is 1. The van der Waals surface area contributed by atoms with Crippen LogP contribution in [-0.4, -0.2) is 11.8 Å². The maximum atomic E-state index is 11.1. The van der Waals surface area contributed by atoms with Gasteiger partial charge in [0.2, 0.25) is 11.8 Å². The SMILES string of the molecule is O=C1CC(c2sccc2Br)CC(=O)N1. The monoisotopic (exact) mass is 273 g/mol. The van der Waals surface area contributed by atoms with Crippen molar-refractivity contribution in [1.82, 2.24) is 5.32 Å². The molecule has 0 radical (unpaired) electrons. The van der Waals surface area contributed by atoms with Gasteiger partial charge in [-0.25, -0.2) is 0 Å². The molecule has 1 aromatic rings. The fraction of sp³-hybridized carbons (Fsp3) is 0.333. The molecular formula is C9H8BrNO2S. The highest BCUT2D eigenvalue weighted by Crippen LogP contribution is 2.35. The third-order valence-electron chi connectivity index (χ3n) is 2.16. The summed E-state index contributed by atoms with van der Waals surface area (Å²) in [5.74, 6) is -0.302. The van der Waals surface area contributed by atoms with E-state index in [1.165, 1.54) is 0 Å². The first kappa shape index (κ1) is 9.86. The molecule has 1 aliphatic heterocycles. The number of amides is 2. The Hall–Kier alpha value is -0.680. The van der Waals surface area contributed by atoms with Crippen LogP contribution in [0.5, 0.6) is 0 Å². The highest BCUT2D eigenvalue weighted by atomic mass is 79.9. The van der Waals surface area contributed by atoms with Crippen LogP contribution in [-0.2, 0) is 9.59 Å². The fourth-order valence-electron chi connectivity index (χ4n) is 1.56. The Balaban J connectivity index is 2.23. The predicted octanol–water partition coefficient (Wildman–Crippen LogP) is 2.03. The zero-order valence-electron chi connectivity index (χ0n) is 7.25. The van der Waals surface area contributed by atoms with Gasteiger partial charge in [0.25, 0.3) is 0 Å². The van der Waals surface area contributed by atoms with Crippen LogP contribution in [0.3, 0.4) is 0 Å². The second-order valence-corrected chi connectivity index (χ2v) is 5.01. The van der Waals surface area contributed by atoms with Crippen molar-refractivity contribution < 1.29 is 9.59 Å². The molecule has 2 heterocycles. The van der Waals surface area contributed by atoms with Crippen molar-refractivity contribution in [3.63, 3.8) is 0 Å². The van der Waals surface area contributed by atoms with Crippen molar-refractivity contribution in [1.29, 1.82) is 0 Å². The van der Waals surface area contributed by atoms with Gasteiger partial charge in [-0.3, -0.25) is 14.9 Å². The molecule has 74 valence electrons. The molecule has 0 aliphatic carbocycles. The van der Waals surface area contributed by atoms with Crippen molar-refractivity contribution in [2.75, 3.05) is 0 Å². The molecule has 14 heavy (non-hydrogen) atoms. The van der Waals surface area contributed by atoms with E-state index in [0.717, 1.165) is 9.35 Å². The summed E-state index contributed by atoms with van der Waals surface area (Å²) in [6, 6.07) is 1.94. The molecule has 2 rings (SSSR count). The molecule has 0 atom stereocenters. The Morgan fingerprint density at radius 2 is 2.00 bits per heavy atom. The second-order valence-electron chi connectivity index (χ2n) is 3.21. The summed E-state index contributed by atoms with van der Waals surface area (Å²) in [5, 5.41) is 4.26. The number of carbonyl (C=O) groups is 2. The summed E-state index contributed by atoms with van der Waals surface area (Å²) >= 11 is 4.99. The molecule has 1 saturated heterocycles. The molecule has 2 amide bonds. The van der Waals surface area contributed by atoms with Crippen molar-refractivity contribution in [2.45, 2.75) is 18.8 Å². The third-order valence-corrected chi connectivity index (χ3v) is 4.19. The number of hydrogen-bond acceptors (Lipinski definition) is 3. The number of halogens is 1. The van der Waals surface area contributed by atoms with E-state index in [4.69, 9.17) is 0 Å². The van der Waals surface area contributed by atoms with Gasteiger partial charge in [0, 0.05) is 28.1 Å². The van der Waals surface area contributed by atoms with Crippen LogP contribution in [0.1, 0.15) is 23.6 Å². The minimum absolute atomic E-state index is 0.0469. The van der Waals surface area contributed by atoms with Crippen LogP contribution in [0.4, 0.5) is 0 Å². The Morgan fingerprint density at radius 1 is 1.36 bits per heavy atom. The molecule has 5 heteroatoms. The lowest BCUT2D eigenvalue weighted by atomic mass is 9.95. The lowest BCUT2D eigenvalue weighted by molar-refractivity contribution is -0.133. The molecule has 0 bridgehead atoms. The number of rotatable bonds is 1. The van der Waals surface area contributed by atoms with E-state index in [1.54, 1.807) is 11.3 Å². The molecule has 0 spiro atoms. The molecule has 3 nitrogen and oxygen atoms in total. The summed E-state index contributed by atoms with van der Waals surface area (Å²) in [6.45, 7) is 0. The normalized spacial score (nSPS) is 18.4. The van der Waals surface area contributed by atoms with Crippen LogP contribution in [0.25, 0.3) is 0 Å². The van der Waals surface area contributed by atoms with E-state index in [1.807, 2.05) is 11.4 Å². The Morgan fingerprint density at radius 3 is 2.50 bits per heavy atom. The number of piperidine rings is 1. The fourth-order valence-corrected chi connectivity index (χ4v) is 3.36. The number of carbonyl (C=O) groups excluding carboxylic acids is 2. The molecule has 1 aliphatic rings. The van der Waals surface area contributed by atoms with Gasteiger partial charge >= 0.3 is 0 Å². The Kier molecular flexibility index (Phi) is 2.69. The van der Waals surface area contributed by atoms with Crippen LogP contribution >= 0.6 is 27.3 Å². The summed E-state index contributed by atoms with van der Waals surface area (Å²) in [7, 11) is 0. The molecular weight excluding hydrogens is 266 g/mol. The Labute approximate surface area is 93.6 Å². The van der Waals surface area contributed by atoms with E-state index in [9.17, 15) is 9.59 Å². The van der Waals surface area contributed by atoms with Crippen LogP contribution in [0.2, 0.25) is 0 Å². The number of thiophene rings is 1. The van der Waals surface area contributed by atoms with Crippen molar-refractivity contribution >= 4 is 39.1 Å². The molecule has 0 unspecified atom stereocenters. The molecule has 1 N–H and O–H groups in total. The third kappa shape index (κ3) is 1.88. The average Bonchev–Trinajstić information content (AvgIpc) is 2.49. The first-order valence-corrected chi connectivity index (χ1v) is 5.89. The topological polar surface area (TPSA) is 46.2 Å². The van der Waals surface area contributed by atoms with Gasteiger partial charge in [-0.15, -0.1) is 11.3 Å². The molecule has 0 aromatic carbocycles. The minimum Gasteiger partial charge on any atom is -0.296 e. The van der Waals surface area contributed by atoms with Crippen molar-refractivity contribution in [2.24, 2.45) is 0 Å². The Bertz CT molecular complexity index is 372. The van der Waals surface area contributed by atoms with E-state index in [0.29, 0.717) is 12.8 Å². The van der Waals surface area contributed by atoms with Gasteiger partial charge in [-0.05, 0) is 27.4 Å². The van der Waals surface area contributed by atoms with Gasteiger partial charge in [-0.1, -0.05) is 0 Å². The highest BCUT2D eigenvalue weighted by molar-refractivity contribution is 9.10. The van der Waals surface area contributed by atoms with Gasteiger partial charge < -0.3 is 0 Å². The van der Waals surface area contributed by atoms with E-state index < -0.39 is 0 Å². The van der Waals surface area contributed by atoms with E-state index >= 15 is 0 Å². The van der Waals surface area contributed by atoms with Gasteiger partial charge in [0.1, 0.15) is 0 Å². The highest BCUT2D eigenvalue weighted by Gasteiger charge is 2.27. The average molecular weight is 274 g/mol. The van der Waals surface area contributed by atoms with Gasteiger partial charge in [0.05, 0.1) is 0 Å². The van der Waals surface area contributed by atoms with Gasteiger partial charge in [-0.2, -0.15) is 0 Å². The van der Waals surface area contributed by atoms with E-state index in [2.05, 4.69) is 21.2 Å². The van der Waals surface area contributed by atoms with Crippen LogP contribution in [0, 0.1) is 0 Å². The molecule has 0 saturated carbocycles. The van der Waals surface area contributed by atoms with Crippen LogP contribution < -0.4 is 5.32 Å². The number of nitrogens with one attached hydrogen (secondary N) is 1. The van der Waals surface area contributed by atoms with E-state index in [-0.39, 0.29) is 17.7 Å². The summed E-state index contributed by atoms with van der Waals surface area (Å²) < 4.78 is 0.995. The lowest BCUT2D eigenvalue weighted by Gasteiger charge is -2.19. The van der Waals surface area contributed by atoms with Crippen molar-refractivity contribution in [3.8, 4) is 0 Å². The lowest BCUT2D eigenvalue weighted by Crippen LogP contribution is -2.37. The summed E-state index contributed by atoms with van der Waals surface area (Å²) in [6.07, 6.45) is 0.815. The summed E-state index contributed by atoms with van der Waals surface area (Å²) in [5.41, 5.74) is 0. The summed E-state index contributed by atoms with van der Waals surface area (Å²) in [4.78, 5) is 23.4. The standard InChI is InChI=1S/C9H8BrNO2S/c10-6-1-2-14-9(6)5-3-7(12)11-8(13)4-5/h1-2,5H,3-4H2,(H,11,12,13). The quantitative estimate of drug-likeness (QED) is 0.796.